The van der Waals surface area contributed by atoms with Crippen molar-refractivity contribution in [2.45, 2.75) is 0 Å². The largest absolute Gasteiger partial charge is 0.490 e. The molecule has 0 bridgehead atoms. The Kier molecular flexibility index (Phi) is 5.46. The Labute approximate surface area is 154 Å². The molecule has 0 N–H and O–H groups in total. The summed E-state index contributed by atoms with van der Waals surface area (Å²) in [5.41, 5.74) is 1.14. The molecule has 2 aromatic rings. The summed E-state index contributed by atoms with van der Waals surface area (Å²) in [6, 6.07) is 14.1. The van der Waals surface area contributed by atoms with E-state index in [0.29, 0.717) is 16.9 Å². The maximum atomic E-state index is 11.9. The topological polar surface area (TPSA) is 105 Å². The molecule has 3 rings (SSSR count). The summed E-state index contributed by atoms with van der Waals surface area (Å²) < 4.78 is 15.6. The average Bonchev–Trinajstić information content (AvgIpc) is 3.06. The van der Waals surface area contributed by atoms with Crippen LogP contribution in [0.1, 0.15) is 15.9 Å². The van der Waals surface area contributed by atoms with Gasteiger partial charge in [-0.05, 0) is 17.7 Å². The van der Waals surface area contributed by atoms with Crippen molar-refractivity contribution in [3.05, 3.63) is 81.6 Å². The van der Waals surface area contributed by atoms with Crippen molar-refractivity contribution in [2.75, 3.05) is 19.8 Å². The molecule has 138 valence electrons. The first kappa shape index (κ1) is 18.1. The number of hydrogen-bond acceptors (Lipinski definition) is 7. The quantitative estimate of drug-likeness (QED) is 0.320. The fourth-order valence-electron chi connectivity index (χ4n) is 2.49. The van der Waals surface area contributed by atoms with Gasteiger partial charge < -0.3 is 14.2 Å². The van der Waals surface area contributed by atoms with Crippen molar-refractivity contribution in [2.24, 2.45) is 0 Å². The number of nitro benzene ring substituents is 1. The Balaban J connectivity index is 1.55. The monoisotopic (exact) mass is 369 g/mol. The smallest absolute Gasteiger partial charge is 0.342 e. The molecule has 0 fully saturated rings. The summed E-state index contributed by atoms with van der Waals surface area (Å²) >= 11 is 0. The molecule has 1 heterocycles. The highest BCUT2D eigenvalue weighted by Gasteiger charge is 2.27. The van der Waals surface area contributed by atoms with E-state index in [0.717, 1.165) is 0 Å². The molecule has 8 heteroatoms. The molecule has 0 amide bonds. The van der Waals surface area contributed by atoms with Crippen LogP contribution in [0.25, 0.3) is 5.57 Å². The van der Waals surface area contributed by atoms with Crippen LogP contribution in [0.2, 0.25) is 0 Å². The molecule has 1 aliphatic heterocycles. The van der Waals surface area contributed by atoms with Gasteiger partial charge in [0.25, 0.3) is 5.69 Å². The lowest BCUT2D eigenvalue weighted by Gasteiger charge is -2.08. The third kappa shape index (κ3) is 4.30. The standard InChI is InChI=1S/C19H15NO7/c21-18(14-6-8-15(9-7-14)20(23)24)26-11-10-25-16-12-27-19(22)17(16)13-4-2-1-3-5-13/h1-9H,10-12H2. The summed E-state index contributed by atoms with van der Waals surface area (Å²) in [5, 5.41) is 10.6. The number of carbonyl (C=O) groups excluding carboxylic acids is 2. The number of nitrogens with zero attached hydrogens (tertiary/aromatic N) is 1. The summed E-state index contributed by atoms with van der Waals surface area (Å²) in [5.74, 6) is -0.693. The lowest BCUT2D eigenvalue weighted by atomic mass is 10.1. The van der Waals surface area contributed by atoms with Gasteiger partial charge in [-0.2, -0.15) is 0 Å². The van der Waals surface area contributed by atoms with Crippen LogP contribution in [-0.2, 0) is 19.0 Å². The Bertz CT molecular complexity index is 888. The van der Waals surface area contributed by atoms with Gasteiger partial charge in [0.2, 0.25) is 0 Å². The number of benzene rings is 2. The van der Waals surface area contributed by atoms with Crippen molar-refractivity contribution in [3.63, 3.8) is 0 Å². The highest BCUT2D eigenvalue weighted by Crippen LogP contribution is 2.26. The van der Waals surface area contributed by atoms with Gasteiger partial charge in [-0.25, -0.2) is 9.59 Å². The Morgan fingerprint density at radius 1 is 1.07 bits per heavy atom. The van der Waals surface area contributed by atoms with Gasteiger partial charge in [0.15, 0.2) is 0 Å². The molecule has 27 heavy (non-hydrogen) atoms. The molecule has 0 saturated carbocycles. The minimum Gasteiger partial charge on any atom is -0.490 e. The third-order valence-corrected chi connectivity index (χ3v) is 3.79. The van der Waals surface area contributed by atoms with Crippen LogP contribution >= 0.6 is 0 Å². The molecule has 2 aromatic carbocycles. The van der Waals surface area contributed by atoms with Gasteiger partial charge >= 0.3 is 11.9 Å². The van der Waals surface area contributed by atoms with Crippen LogP contribution in [0.4, 0.5) is 5.69 Å². The number of hydrogen-bond donors (Lipinski definition) is 0. The van der Waals surface area contributed by atoms with Crippen molar-refractivity contribution >= 4 is 23.2 Å². The van der Waals surface area contributed by atoms with Crippen molar-refractivity contribution in [3.8, 4) is 0 Å². The van der Waals surface area contributed by atoms with E-state index in [1.165, 1.54) is 24.3 Å². The van der Waals surface area contributed by atoms with Gasteiger partial charge in [-0.15, -0.1) is 0 Å². The second kappa shape index (κ2) is 8.13. The van der Waals surface area contributed by atoms with Gasteiger partial charge in [-0.1, -0.05) is 30.3 Å². The molecule has 0 aliphatic carbocycles. The normalized spacial score (nSPS) is 13.3. The van der Waals surface area contributed by atoms with Crippen molar-refractivity contribution in [1.82, 2.24) is 0 Å². The number of nitro groups is 1. The number of rotatable bonds is 7. The maximum absolute atomic E-state index is 11.9. The molecule has 1 aliphatic rings. The number of ether oxygens (including phenoxy) is 3. The van der Waals surface area contributed by atoms with Crippen LogP contribution in [0.5, 0.6) is 0 Å². The van der Waals surface area contributed by atoms with Gasteiger partial charge in [0.05, 0.1) is 10.5 Å². The van der Waals surface area contributed by atoms with Crippen LogP contribution < -0.4 is 0 Å². The van der Waals surface area contributed by atoms with Crippen LogP contribution in [0.3, 0.4) is 0 Å². The summed E-state index contributed by atoms with van der Waals surface area (Å²) in [4.78, 5) is 33.9. The number of esters is 2. The van der Waals surface area contributed by atoms with E-state index in [1.54, 1.807) is 24.3 Å². The number of carbonyl (C=O) groups is 2. The summed E-state index contributed by atoms with van der Waals surface area (Å²) in [7, 11) is 0. The molecule has 0 spiro atoms. The first-order valence-electron chi connectivity index (χ1n) is 8.06. The van der Waals surface area contributed by atoms with Gasteiger partial charge in [-0.3, -0.25) is 10.1 Å². The van der Waals surface area contributed by atoms with E-state index in [9.17, 15) is 19.7 Å². The molecular weight excluding hydrogens is 354 g/mol. The zero-order chi connectivity index (χ0) is 19.2. The van der Waals surface area contributed by atoms with E-state index in [2.05, 4.69) is 0 Å². The molecule has 0 saturated heterocycles. The third-order valence-electron chi connectivity index (χ3n) is 3.79. The van der Waals surface area contributed by atoms with Crippen LogP contribution in [-0.4, -0.2) is 36.7 Å². The minimum absolute atomic E-state index is 0.0271. The average molecular weight is 369 g/mol. The van der Waals surface area contributed by atoms with E-state index in [-0.39, 0.29) is 31.1 Å². The Morgan fingerprint density at radius 2 is 1.78 bits per heavy atom. The number of non-ortho nitro benzene ring substituents is 1. The first-order chi connectivity index (χ1) is 13.1. The van der Waals surface area contributed by atoms with E-state index < -0.39 is 16.9 Å². The first-order valence-corrected chi connectivity index (χ1v) is 8.06. The van der Waals surface area contributed by atoms with Crippen LogP contribution in [0, 0.1) is 10.1 Å². The molecule has 0 aromatic heterocycles. The van der Waals surface area contributed by atoms with Gasteiger partial charge in [0, 0.05) is 12.1 Å². The Hall–Kier alpha value is -3.68. The highest BCUT2D eigenvalue weighted by atomic mass is 16.6. The molecule has 8 nitrogen and oxygen atoms in total. The van der Waals surface area contributed by atoms with E-state index in [4.69, 9.17) is 14.2 Å². The van der Waals surface area contributed by atoms with E-state index in [1.807, 2.05) is 6.07 Å². The SMILES string of the molecule is O=C1OCC(OCCOC(=O)c2ccc([N+](=O)[O-])cc2)=C1c1ccccc1. The Morgan fingerprint density at radius 3 is 2.44 bits per heavy atom. The van der Waals surface area contributed by atoms with Crippen molar-refractivity contribution < 1.29 is 28.7 Å². The minimum atomic E-state index is -0.621. The van der Waals surface area contributed by atoms with Crippen molar-refractivity contribution in [1.29, 1.82) is 0 Å². The van der Waals surface area contributed by atoms with E-state index >= 15 is 0 Å². The predicted molar refractivity (Wildman–Crippen MR) is 93.7 cm³/mol. The van der Waals surface area contributed by atoms with Crippen LogP contribution in [0.15, 0.2) is 60.4 Å². The fourth-order valence-corrected chi connectivity index (χ4v) is 2.49. The predicted octanol–water partition coefficient (Wildman–Crippen LogP) is 2.74. The van der Waals surface area contributed by atoms with Gasteiger partial charge in [0.1, 0.15) is 31.2 Å². The molecule has 0 radical (unpaired) electrons. The maximum Gasteiger partial charge on any atom is 0.342 e. The lowest BCUT2D eigenvalue weighted by molar-refractivity contribution is -0.384. The summed E-state index contributed by atoms with van der Waals surface area (Å²) in [6.45, 7) is 0.0238. The number of cyclic esters (lactones) is 1. The fraction of sp³-hybridized carbons (Fsp3) is 0.158. The summed E-state index contributed by atoms with van der Waals surface area (Å²) in [6.07, 6.45) is 0. The second-order valence-electron chi connectivity index (χ2n) is 5.53. The zero-order valence-corrected chi connectivity index (χ0v) is 14.1. The second-order valence-corrected chi connectivity index (χ2v) is 5.53. The zero-order valence-electron chi connectivity index (χ0n) is 14.1. The highest BCUT2D eigenvalue weighted by molar-refractivity contribution is 6.18. The molecule has 0 atom stereocenters. The molecule has 0 unspecified atom stereocenters. The molecular formula is C19H15NO7. The lowest BCUT2D eigenvalue weighted by Crippen LogP contribution is -2.11.